The number of hydrogen-bond donors (Lipinski definition) is 1. The summed E-state index contributed by atoms with van der Waals surface area (Å²) in [5.41, 5.74) is 0.886. The minimum absolute atomic E-state index is 0.0590. The molecule has 1 heterocycles. The zero-order valence-electron chi connectivity index (χ0n) is 12.7. The molecule has 0 aliphatic carbocycles. The number of hydrogen-bond acceptors (Lipinski definition) is 3. The fourth-order valence-corrected chi connectivity index (χ4v) is 2.64. The number of fused-ring (bicyclic) bond motifs is 1. The highest BCUT2D eigenvalue weighted by Crippen LogP contribution is 2.33. The Bertz CT molecular complexity index is 729. The van der Waals surface area contributed by atoms with Crippen LogP contribution < -0.4 is 10.3 Å². The van der Waals surface area contributed by atoms with E-state index in [0.29, 0.717) is 28.6 Å². The number of alkyl halides is 1. The first-order valence-electron chi connectivity index (χ1n) is 6.82. The summed E-state index contributed by atoms with van der Waals surface area (Å²) in [7, 11) is 3.26. The first kappa shape index (κ1) is 15.9. The number of pyridine rings is 1. The van der Waals surface area contributed by atoms with E-state index in [4.69, 9.17) is 4.74 Å². The molecule has 2 rings (SSSR count). The number of halogens is 1. The maximum atomic E-state index is 12.5. The molecule has 0 saturated heterocycles. The van der Waals surface area contributed by atoms with Gasteiger partial charge in [-0.2, -0.15) is 0 Å². The van der Waals surface area contributed by atoms with Crippen molar-refractivity contribution in [3.8, 4) is 11.5 Å². The van der Waals surface area contributed by atoms with E-state index in [9.17, 15) is 9.90 Å². The summed E-state index contributed by atoms with van der Waals surface area (Å²) in [6.07, 6.45) is 1.27. The topological polar surface area (TPSA) is 51.5 Å². The van der Waals surface area contributed by atoms with Gasteiger partial charge in [-0.15, -0.1) is 0 Å². The molecule has 0 saturated carbocycles. The summed E-state index contributed by atoms with van der Waals surface area (Å²) in [5.74, 6) is 0.638. The van der Waals surface area contributed by atoms with Gasteiger partial charge in [0, 0.05) is 16.8 Å². The highest BCUT2D eigenvalue weighted by Gasteiger charge is 2.20. The van der Waals surface area contributed by atoms with E-state index >= 15 is 0 Å². The second kappa shape index (κ2) is 5.72. The van der Waals surface area contributed by atoms with E-state index in [2.05, 4.69) is 15.9 Å². The van der Waals surface area contributed by atoms with Gasteiger partial charge < -0.3 is 14.4 Å². The maximum Gasteiger partial charge on any atom is 0.257 e. The predicted molar refractivity (Wildman–Crippen MR) is 88.7 cm³/mol. The molecule has 114 valence electrons. The lowest BCUT2D eigenvalue weighted by molar-refractivity contribution is 0.416. The van der Waals surface area contributed by atoms with Crippen molar-refractivity contribution < 1.29 is 9.84 Å². The van der Waals surface area contributed by atoms with Crippen LogP contribution >= 0.6 is 15.9 Å². The molecule has 0 aliphatic rings. The van der Waals surface area contributed by atoms with E-state index in [1.165, 1.54) is 0 Å². The van der Waals surface area contributed by atoms with Crippen molar-refractivity contribution in [2.45, 2.75) is 31.0 Å². The number of rotatable bonds is 4. The number of ether oxygens (including phenoxy) is 1. The second-order valence-corrected chi connectivity index (χ2v) is 7.91. The van der Waals surface area contributed by atoms with Gasteiger partial charge in [0.05, 0.1) is 18.2 Å². The Kier molecular flexibility index (Phi) is 4.33. The van der Waals surface area contributed by atoms with Crippen LogP contribution in [0.25, 0.3) is 10.9 Å². The van der Waals surface area contributed by atoms with Gasteiger partial charge in [0.2, 0.25) is 0 Å². The zero-order valence-corrected chi connectivity index (χ0v) is 14.3. The van der Waals surface area contributed by atoms with Gasteiger partial charge >= 0.3 is 0 Å². The summed E-state index contributed by atoms with van der Waals surface area (Å²) in [5, 5.41) is 11.1. The monoisotopic (exact) mass is 353 g/mol. The third-order valence-corrected chi connectivity index (χ3v) is 4.02. The standard InChI is InChI=1S/C16H20BrNO3/c1-16(2,17)9-8-11-14(19)10-6-5-7-12(21-4)13(10)18(3)15(11)20/h5-7,19H,8-9H2,1-4H3. The largest absolute Gasteiger partial charge is 0.507 e. The third-order valence-electron chi connectivity index (χ3n) is 3.63. The highest BCUT2D eigenvalue weighted by molar-refractivity contribution is 9.10. The molecule has 5 heteroatoms. The van der Waals surface area contributed by atoms with Gasteiger partial charge in [0.25, 0.3) is 5.56 Å². The van der Waals surface area contributed by atoms with Gasteiger partial charge in [-0.05, 0) is 25.0 Å². The van der Waals surface area contributed by atoms with Crippen molar-refractivity contribution in [1.82, 2.24) is 4.57 Å². The maximum absolute atomic E-state index is 12.5. The van der Waals surface area contributed by atoms with Gasteiger partial charge in [-0.25, -0.2) is 0 Å². The Morgan fingerprint density at radius 1 is 1.38 bits per heavy atom. The van der Waals surface area contributed by atoms with Gasteiger partial charge in [0.1, 0.15) is 11.5 Å². The van der Waals surface area contributed by atoms with E-state index < -0.39 is 0 Å². The molecule has 0 unspecified atom stereocenters. The zero-order chi connectivity index (χ0) is 15.8. The summed E-state index contributed by atoms with van der Waals surface area (Å²) in [6, 6.07) is 5.39. The molecule has 4 nitrogen and oxygen atoms in total. The average molecular weight is 354 g/mol. The Morgan fingerprint density at radius 2 is 2.05 bits per heavy atom. The third kappa shape index (κ3) is 3.07. The summed E-state index contributed by atoms with van der Waals surface area (Å²) in [4.78, 5) is 12.5. The molecular formula is C16H20BrNO3. The van der Waals surface area contributed by atoms with Crippen LogP contribution in [-0.4, -0.2) is 21.1 Å². The van der Waals surface area contributed by atoms with Crippen LogP contribution in [0.3, 0.4) is 0 Å². The second-order valence-electron chi connectivity index (χ2n) is 5.77. The van der Waals surface area contributed by atoms with Crippen LogP contribution in [0.1, 0.15) is 25.8 Å². The quantitative estimate of drug-likeness (QED) is 0.857. The van der Waals surface area contributed by atoms with Crippen LogP contribution in [-0.2, 0) is 13.5 Å². The molecule has 21 heavy (non-hydrogen) atoms. The highest BCUT2D eigenvalue weighted by atomic mass is 79.9. The van der Waals surface area contributed by atoms with E-state index in [1.54, 1.807) is 30.9 Å². The molecule has 0 fully saturated rings. The van der Waals surface area contributed by atoms with Gasteiger partial charge in [0.15, 0.2) is 0 Å². The molecule has 1 aromatic heterocycles. The van der Waals surface area contributed by atoms with Crippen LogP contribution in [0.15, 0.2) is 23.0 Å². The SMILES string of the molecule is COc1cccc2c(O)c(CCC(C)(C)Br)c(=O)n(C)c12. The number of methoxy groups -OCH3 is 1. The van der Waals surface area contributed by atoms with Crippen molar-refractivity contribution in [3.05, 3.63) is 34.1 Å². The molecular weight excluding hydrogens is 334 g/mol. The Balaban J connectivity index is 2.67. The number of nitrogens with zero attached hydrogens (tertiary/aromatic N) is 1. The summed E-state index contributed by atoms with van der Waals surface area (Å²) >= 11 is 3.57. The normalized spacial score (nSPS) is 11.9. The molecule has 0 spiro atoms. The first-order chi connectivity index (χ1) is 9.76. The molecule has 0 amide bonds. The number of aromatic hydroxyl groups is 1. The van der Waals surface area contributed by atoms with E-state index in [1.807, 2.05) is 19.9 Å². The molecule has 1 aromatic carbocycles. The van der Waals surface area contributed by atoms with Crippen molar-refractivity contribution in [3.63, 3.8) is 0 Å². The Morgan fingerprint density at radius 3 is 2.62 bits per heavy atom. The smallest absolute Gasteiger partial charge is 0.257 e. The lowest BCUT2D eigenvalue weighted by atomic mass is 10.0. The molecule has 2 aromatic rings. The van der Waals surface area contributed by atoms with Crippen LogP contribution in [0.4, 0.5) is 0 Å². The van der Waals surface area contributed by atoms with Crippen molar-refractivity contribution >= 4 is 26.8 Å². The first-order valence-corrected chi connectivity index (χ1v) is 7.62. The lowest BCUT2D eigenvalue weighted by Crippen LogP contribution is -2.23. The molecule has 0 radical (unpaired) electrons. The van der Waals surface area contributed by atoms with Gasteiger partial charge in [-0.1, -0.05) is 35.8 Å². The van der Waals surface area contributed by atoms with Crippen molar-refractivity contribution in [1.29, 1.82) is 0 Å². The van der Waals surface area contributed by atoms with E-state index in [-0.39, 0.29) is 15.6 Å². The predicted octanol–water partition coefficient (Wildman–Crippen LogP) is 3.36. The minimum Gasteiger partial charge on any atom is -0.507 e. The summed E-state index contributed by atoms with van der Waals surface area (Å²) < 4.78 is 6.76. The number of benzene rings is 1. The molecule has 0 bridgehead atoms. The number of para-hydroxylation sites is 1. The Labute approximate surface area is 132 Å². The average Bonchev–Trinajstić information content (AvgIpc) is 2.42. The number of aryl methyl sites for hydroxylation is 1. The molecule has 1 N–H and O–H groups in total. The van der Waals surface area contributed by atoms with Crippen molar-refractivity contribution in [2.75, 3.05) is 7.11 Å². The number of aromatic nitrogens is 1. The fourth-order valence-electron chi connectivity index (χ4n) is 2.44. The van der Waals surface area contributed by atoms with Crippen LogP contribution in [0, 0.1) is 0 Å². The molecule has 0 aliphatic heterocycles. The molecule has 0 atom stereocenters. The fraction of sp³-hybridized carbons (Fsp3) is 0.438. The Hall–Kier alpha value is -1.49. The minimum atomic E-state index is -0.179. The summed E-state index contributed by atoms with van der Waals surface area (Å²) in [6.45, 7) is 4.08. The van der Waals surface area contributed by atoms with Gasteiger partial charge in [-0.3, -0.25) is 4.79 Å². The van der Waals surface area contributed by atoms with Crippen LogP contribution in [0.5, 0.6) is 11.5 Å². The lowest BCUT2D eigenvalue weighted by Gasteiger charge is -2.18. The van der Waals surface area contributed by atoms with Crippen LogP contribution in [0.2, 0.25) is 0 Å². The van der Waals surface area contributed by atoms with E-state index in [0.717, 1.165) is 6.42 Å². The van der Waals surface area contributed by atoms with Crippen molar-refractivity contribution in [2.24, 2.45) is 7.05 Å².